The highest BCUT2D eigenvalue weighted by atomic mass is 79.9. The molecule has 0 amide bonds. The predicted molar refractivity (Wildman–Crippen MR) is 71.1 cm³/mol. The van der Waals surface area contributed by atoms with Crippen molar-refractivity contribution in [3.05, 3.63) is 35.2 Å². The standard InChI is InChI=1S/C13H13BrS/c14-12-6-2-4-10(12)11-5-1-3-9-7-8-15-13(9)11/h1,3,5,7-8,10,12H,2,4,6H2. The molecule has 0 radical (unpaired) electrons. The van der Waals surface area contributed by atoms with E-state index in [4.69, 9.17) is 0 Å². The molecule has 15 heavy (non-hydrogen) atoms. The predicted octanol–water partition coefficient (Wildman–Crippen LogP) is 4.93. The molecule has 1 heterocycles. The molecule has 1 fully saturated rings. The fraction of sp³-hybridized carbons (Fsp3) is 0.385. The van der Waals surface area contributed by atoms with Gasteiger partial charge < -0.3 is 0 Å². The summed E-state index contributed by atoms with van der Waals surface area (Å²) in [6.07, 6.45) is 4.03. The third-order valence-corrected chi connectivity index (χ3v) is 5.42. The summed E-state index contributed by atoms with van der Waals surface area (Å²) < 4.78 is 1.49. The van der Waals surface area contributed by atoms with Crippen LogP contribution in [0.25, 0.3) is 10.1 Å². The lowest BCUT2D eigenvalue weighted by atomic mass is 9.97. The summed E-state index contributed by atoms with van der Waals surface area (Å²) in [4.78, 5) is 0.685. The molecule has 2 unspecified atom stereocenters. The van der Waals surface area contributed by atoms with Gasteiger partial charge in [-0.2, -0.15) is 0 Å². The average Bonchev–Trinajstić information content (AvgIpc) is 2.85. The van der Waals surface area contributed by atoms with Gasteiger partial charge in [-0.1, -0.05) is 40.5 Å². The van der Waals surface area contributed by atoms with Gasteiger partial charge >= 0.3 is 0 Å². The van der Waals surface area contributed by atoms with Crippen molar-refractivity contribution >= 4 is 37.4 Å². The Hall–Kier alpha value is -0.340. The number of hydrogen-bond donors (Lipinski definition) is 0. The Labute approximate surface area is 102 Å². The van der Waals surface area contributed by atoms with Gasteiger partial charge in [0.1, 0.15) is 0 Å². The van der Waals surface area contributed by atoms with Crippen LogP contribution in [-0.2, 0) is 0 Å². The van der Waals surface area contributed by atoms with E-state index in [1.807, 2.05) is 11.3 Å². The van der Waals surface area contributed by atoms with Crippen molar-refractivity contribution in [3.63, 3.8) is 0 Å². The number of hydrogen-bond acceptors (Lipinski definition) is 1. The quantitative estimate of drug-likeness (QED) is 0.650. The summed E-state index contributed by atoms with van der Waals surface area (Å²) in [5, 5.41) is 3.61. The fourth-order valence-corrected chi connectivity index (χ4v) is 4.42. The van der Waals surface area contributed by atoms with E-state index in [1.165, 1.54) is 29.3 Å². The number of halogens is 1. The van der Waals surface area contributed by atoms with Crippen molar-refractivity contribution < 1.29 is 0 Å². The molecule has 1 aliphatic rings. The zero-order valence-electron chi connectivity index (χ0n) is 8.45. The van der Waals surface area contributed by atoms with E-state index < -0.39 is 0 Å². The first-order chi connectivity index (χ1) is 7.36. The zero-order valence-corrected chi connectivity index (χ0v) is 10.9. The van der Waals surface area contributed by atoms with Gasteiger partial charge in [-0.05, 0) is 41.2 Å². The van der Waals surface area contributed by atoms with E-state index in [-0.39, 0.29) is 0 Å². The van der Waals surface area contributed by atoms with Gasteiger partial charge in [0.25, 0.3) is 0 Å². The van der Waals surface area contributed by atoms with Gasteiger partial charge in [-0.25, -0.2) is 0 Å². The van der Waals surface area contributed by atoms with Gasteiger partial charge in [0, 0.05) is 9.53 Å². The maximum absolute atomic E-state index is 3.82. The topological polar surface area (TPSA) is 0 Å². The largest absolute Gasteiger partial charge is 0.144 e. The van der Waals surface area contributed by atoms with E-state index >= 15 is 0 Å². The molecule has 1 saturated carbocycles. The minimum Gasteiger partial charge on any atom is -0.144 e. The molecule has 78 valence electrons. The molecule has 0 saturated heterocycles. The Morgan fingerprint density at radius 2 is 2.13 bits per heavy atom. The van der Waals surface area contributed by atoms with Crippen molar-refractivity contribution in [2.45, 2.75) is 30.0 Å². The van der Waals surface area contributed by atoms with Crippen molar-refractivity contribution in [3.8, 4) is 0 Å². The molecule has 0 nitrogen and oxygen atoms in total. The third-order valence-electron chi connectivity index (χ3n) is 3.34. The minimum absolute atomic E-state index is 0.685. The van der Waals surface area contributed by atoms with Crippen LogP contribution in [0.2, 0.25) is 0 Å². The van der Waals surface area contributed by atoms with Crippen LogP contribution in [0.15, 0.2) is 29.6 Å². The van der Waals surface area contributed by atoms with Gasteiger partial charge in [0.2, 0.25) is 0 Å². The summed E-state index contributed by atoms with van der Waals surface area (Å²) in [6.45, 7) is 0. The second-order valence-corrected chi connectivity index (χ2v) is 6.33. The molecule has 2 aromatic rings. The van der Waals surface area contributed by atoms with Crippen LogP contribution < -0.4 is 0 Å². The molecular weight excluding hydrogens is 268 g/mol. The normalized spacial score (nSPS) is 26.2. The highest BCUT2D eigenvalue weighted by Gasteiger charge is 2.27. The second-order valence-electron chi connectivity index (χ2n) is 4.24. The fourth-order valence-electron chi connectivity index (χ4n) is 2.57. The summed E-state index contributed by atoms with van der Waals surface area (Å²) in [5.74, 6) is 0.729. The second kappa shape index (κ2) is 3.91. The van der Waals surface area contributed by atoms with Crippen molar-refractivity contribution in [2.24, 2.45) is 0 Å². The van der Waals surface area contributed by atoms with Gasteiger partial charge in [-0.3, -0.25) is 0 Å². The molecule has 0 spiro atoms. The number of benzene rings is 1. The minimum atomic E-state index is 0.685. The molecule has 2 atom stereocenters. The summed E-state index contributed by atoms with van der Waals surface area (Å²) in [7, 11) is 0. The van der Waals surface area contributed by atoms with E-state index in [1.54, 1.807) is 5.56 Å². The van der Waals surface area contributed by atoms with Crippen LogP contribution in [0, 0.1) is 0 Å². The van der Waals surface area contributed by atoms with Crippen LogP contribution in [0.3, 0.4) is 0 Å². The highest BCUT2D eigenvalue weighted by Crippen LogP contribution is 2.42. The molecule has 0 aliphatic heterocycles. The number of thiophene rings is 1. The van der Waals surface area contributed by atoms with Crippen LogP contribution in [-0.4, -0.2) is 4.83 Å². The Morgan fingerprint density at radius 3 is 2.93 bits per heavy atom. The molecule has 0 N–H and O–H groups in total. The van der Waals surface area contributed by atoms with Crippen LogP contribution >= 0.6 is 27.3 Å². The van der Waals surface area contributed by atoms with E-state index in [0.717, 1.165) is 5.92 Å². The first-order valence-electron chi connectivity index (χ1n) is 5.46. The summed E-state index contributed by atoms with van der Waals surface area (Å²) in [6, 6.07) is 8.95. The number of alkyl halides is 1. The Balaban J connectivity index is 2.13. The van der Waals surface area contributed by atoms with E-state index in [2.05, 4.69) is 45.6 Å². The van der Waals surface area contributed by atoms with Crippen LogP contribution in [0.1, 0.15) is 30.7 Å². The average molecular weight is 281 g/mol. The maximum Gasteiger partial charge on any atom is 0.0377 e. The third kappa shape index (κ3) is 1.64. The maximum atomic E-state index is 3.82. The van der Waals surface area contributed by atoms with E-state index in [0.29, 0.717) is 4.83 Å². The molecule has 0 bridgehead atoms. The lowest BCUT2D eigenvalue weighted by molar-refractivity contribution is 0.750. The van der Waals surface area contributed by atoms with Gasteiger partial charge in [0.05, 0.1) is 0 Å². The van der Waals surface area contributed by atoms with Crippen molar-refractivity contribution in [1.29, 1.82) is 0 Å². The molecule has 3 rings (SSSR count). The van der Waals surface area contributed by atoms with Crippen LogP contribution in [0.5, 0.6) is 0 Å². The zero-order chi connectivity index (χ0) is 10.3. The highest BCUT2D eigenvalue weighted by molar-refractivity contribution is 9.09. The van der Waals surface area contributed by atoms with Gasteiger partial charge in [0.15, 0.2) is 0 Å². The Bertz CT molecular complexity index is 474. The molecule has 1 aromatic carbocycles. The van der Waals surface area contributed by atoms with Gasteiger partial charge in [-0.15, -0.1) is 11.3 Å². The lowest BCUT2D eigenvalue weighted by Gasteiger charge is -2.15. The van der Waals surface area contributed by atoms with Crippen molar-refractivity contribution in [1.82, 2.24) is 0 Å². The number of fused-ring (bicyclic) bond motifs is 1. The summed E-state index contributed by atoms with van der Waals surface area (Å²) in [5.41, 5.74) is 1.56. The summed E-state index contributed by atoms with van der Waals surface area (Å²) >= 11 is 5.70. The van der Waals surface area contributed by atoms with Crippen LogP contribution in [0.4, 0.5) is 0 Å². The van der Waals surface area contributed by atoms with E-state index in [9.17, 15) is 0 Å². The number of rotatable bonds is 1. The van der Waals surface area contributed by atoms with Crippen molar-refractivity contribution in [2.75, 3.05) is 0 Å². The first kappa shape index (κ1) is 9.86. The lowest BCUT2D eigenvalue weighted by Crippen LogP contribution is -2.04. The Kier molecular flexibility index (Phi) is 2.57. The monoisotopic (exact) mass is 280 g/mol. The molecular formula is C13H13BrS. The smallest absolute Gasteiger partial charge is 0.0377 e. The molecule has 1 aromatic heterocycles. The first-order valence-corrected chi connectivity index (χ1v) is 7.26. The molecule has 1 aliphatic carbocycles. The SMILES string of the molecule is BrC1CCCC1c1cccc2ccsc12. The Morgan fingerprint density at radius 1 is 1.20 bits per heavy atom. The molecule has 2 heteroatoms.